The highest BCUT2D eigenvalue weighted by Crippen LogP contribution is 2.40. The molecule has 1 aliphatic heterocycles. The number of rotatable bonds is 10. The molecule has 3 aromatic rings. The summed E-state index contributed by atoms with van der Waals surface area (Å²) < 4.78 is 14.7. The Morgan fingerprint density at radius 3 is 2.07 bits per heavy atom. The number of hydrogen-bond donors (Lipinski definition) is 3. The van der Waals surface area contributed by atoms with Crippen LogP contribution in [-0.4, -0.2) is 78.3 Å². The van der Waals surface area contributed by atoms with E-state index in [1.165, 1.54) is 6.20 Å². The zero-order chi connectivity index (χ0) is 29.9. The third kappa shape index (κ3) is 6.31. The first-order valence-electron chi connectivity index (χ1n) is 13.8. The Morgan fingerprint density at radius 2 is 1.56 bits per heavy atom. The fourth-order valence-corrected chi connectivity index (χ4v) is 10.3. The number of nitrogens with one attached hydrogen (secondary N) is 1. The average Bonchev–Trinajstić information content (AvgIpc) is 3.22. The van der Waals surface area contributed by atoms with Crippen molar-refractivity contribution in [3.8, 4) is 0 Å². The van der Waals surface area contributed by atoms with Gasteiger partial charge in [0, 0.05) is 32.3 Å². The molecule has 2 heterocycles. The van der Waals surface area contributed by atoms with Crippen molar-refractivity contribution >= 4 is 18.7 Å². The van der Waals surface area contributed by atoms with Crippen molar-refractivity contribution in [2.24, 2.45) is 0 Å². The molecule has 0 saturated carbocycles. The lowest BCUT2D eigenvalue weighted by Gasteiger charge is -2.46. The summed E-state index contributed by atoms with van der Waals surface area (Å²) in [5, 5.41) is 25.8. The first-order valence-corrected chi connectivity index (χ1v) is 15.7. The SMILES string of the molecule is Cc1cn([C@@H]2O[C@H](C(CCON(C)C)O[Si](c3ccccc3)(c3ccccc3)C(C)(C)C)[C@@H](O)[C@H]2O)c(=O)[nH]c1=O. The predicted octanol–water partition coefficient (Wildman–Crippen LogP) is 1.29. The number of hydroxylamine groups is 2. The lowest BCUT2D eigenvalue weighted by atomic mass is 10.0. The summed E-state index contributed by atoms with van der Waals surface area (Å²) in [6, 6.07) is 20.2. The molecule has 1 aliphatic rings. The van der Waals surface area contributed by atoms with Gasteiger partial charge in [0.2, 0.25) is 0 Å². The van der Waals surface area contributed by atoms with Crippen LogP contribution in [0.4, 0.5) is 0 Å². The highest BCUT2D eigenvalue weighted by Gasteiger charge is 2.55. The number of aliphatic hydroxyl groups excluding tert-OH is 2. The predicted molar refractivity (Wildman–Crippen MR) is 159 cm³/mol. The third-order valence-corrected chi connectivity index (χ3v) is 12.6. The molecule has 0 radical (unpaired) electrons. The average molecular weight is 584 g/mol. The summed E-state index contributed by atoms with van der Waals surface area (Å²) in [4.78, 5) is 32.6. The Labute approximate surface area is 241 Å². The molecule has 1 saturated heterocycles. The third-order valence-electron chi connectivity index (χ3n) is 7.56. The number of aliphatic hydroxyl groups is 2. The summed E-state index contributed by atoms with van der Waals surface area (Å²) in [7, 11) is 0.467. The van der Waals surface area contributed by atoms with Crippen molar-refractivity contribution in [3.05, 3.63) is 93.3 Å². The number of hydrogen-bond acceptors (Lipinski definition) is 8. The topological polar surface area (TPSA) is 126 Å². The van der Waals surface area contributed by atoms with Crippen molar-refractivity contribution in [2.75, 3.05) is 20.7 Å². The van der Waals surface area contributed by atoms with Crippen LogP contribution in [0, 0.1) is 6.92 Å². The van der Waals surface area contributed by atoms with E-state index in [4.69, 9.17) is 14.0 Å². The molecule has 10 nitrogen and oxygen atoms in total. The maximum absolute atomic E-state index is 12.7. The van der Waals surface area contributed by atoms with Crippen molar-refractivity contribution in [2.45, 2.75) is 69.8 Å². The summed E-state index contributed by atoms with van der Waals surface area (Å²) in [6.45, 7) is 8.27. The minimum atomic E-state index is -3.10. The van der Waals surface area contributed by atoms with Gasteiger partial charge >= 0.3 is 5.69 Å². The molecule has 5 atom stereocenters. The fourth-order valence-electron chi connectivity index (χ4n) is 5.56. The lowest BCUT2D eigenvalue weighted by molar-refractivity contribution is -0.138. The van der Waals surface area contributed by atoms with Gasteiger partial charge in [0.15, 0.2) is 6.23 Å². The monoisotopic (exact) mass is 583 g/mol. The van der Waals surface area contributed by atoms with E-state index in [2.05, 4.69) is 50.0 Å². The second kappa shape index (κ2) is 12.5. The van der Waals surface area contributed by atoms with E-state index in [9.17, 15) is 19.8 Å². The lowest BCUT2D eigenvalue weighted by Crippen LogP contribution is -2.69. The molecule has 4 rings (SSSR count). The van der Waals surface area contributed by atoms with Crippen molar-refractivity contribution < 1.29 is 24.2 Å². The zero-order valence-corrected chi connectivity index (χ0v) is 25.5. The maximum Gasteiger partial charge on any atom is 0.330 e. The van der Waals surface area contributed by atoms with Crippen molar-refractivity contribution in [3.63, 3.8) is 0 Å². The fraction of sp³-hybridized carbons (Fsp3) is 0.467. The van der Waals surface area contributed by atoms with Crippen LogP contribution in [-0.2, 0) is 14.0 Å². The van der Waals surface area contributed by atoms with Crippen LogP contribution in [0.5, 0.6) is 0 Å². The van der Waals surface area contributed by atoms with Gasteiger partial charge in [0.05, 0.1) is 12.7 Å². The summed E-state index contributed by atoms with van der Waals surface area (Å²) in [5.74, 6) is 0. The molecule has 0 bridgehead atoms. The Kier molecular flexibility index (Phi) is 9.49. The minimum Gasteiger partial charge on any atom is -0.402 e. The van der Waals surface area contributed by atoms with Gasteiger partial charge in [-0.25, -0.2) is 4.79 Å². The molecule has 41 heavy (non-hydrogen) atoms. The molecular formula is C30H41N3O7Si. The number of aromatic nitrogens is 2. The highest BCUT2D eigenvalue weighted by atomic mass is 28.4. The molecule has 1 unspecified atom stereocenters. The molecular weight excluding hydrogens is 542 g/mol. The standard InChI is InChI=1S/C30H41N3O7Si/c1-20-19-33(29(37)31-27(20)36)28-25(35)24(34)26(39-28)23(17-18-38-32(5)6)40-41(30(2,3)4,21-13-9-7-10-14-21)22-15-11-8-12-16-22/h7-16,19,23-26,28,34-35H,17-18H2,1-6H3,(H,31,36,37)/t23?,24-,25+,26+,28+/m0/s1. The molecule has 1 aromatic heterocycles. The molecule has 2 aromatic carbocycles. The Morgan fingerprint density at radius 1 is 1.00 bits per heavy atom. The molecule has 222 valence electrons. The second-order valence-electron chi connectivity index (χ2n) is 11.7. The largest absolute Gasteiger partial charge is 0.402 e. The number of aryl methyl sites for hydroxylation is 1. The number of H-pyrrole nitrogens is 1. The molecule has 1 fully saturated rings. The summed E-state index contributed by atoms with van der Waals surface area (Å²) in [5.41, 5.74) is -0.986. The Hall–Kier alpha value is -2.90. The van der Waals surface area contributed by atoms with Gasteiger partial charge in [-0.05, 0) is 22.3 Å². The summed E-state index contributed by atoms with van der Waals surface area (Å²) in [6.07, 6.45) is -4.10. The van der Waals surface area contributed by atoms with Crippen molar-refractivity contribution in [1.82, 2.24) is 14.6 Å². The van der Waals surface area contributed by atoms with E-state index in [1.807, 2.05) is 36.4 Å². The minimum absolute atomic E-state index is 0.265. The number of ether oxygens (including phenoxy) is 1. The zero-order valence-electron chi connectivity index (χ0n) is 24.5. The van der Waals surface area contributed by atoms with E-state index in [0.29, 0.717) is 6.42 Å². The molecule has 3 N–H and O–H groups in total. The normalized spacial score (nSPS) is 22.3. The molecule has 0 amide bonds. The van der Waals surface area contributed by atoms with Crippen LogP contribution in [0.2, 0.25) is 5.04 Å². The number of benzene rings is 2. The second-order valence-corrected chi connectivity index (χ2v) is 16.0. The van der Waals surface area contributed by atoms with E-state index >= 15 is 0 Å². The van der Waals surface area contributed by atoms with Gasteiger partial charge in [-0.3, -0.25) is 19.2 Å². The van der Waals surface area contributed by atoms with Gasteiger partial charge in [-0.15, -0.1) is 0 Å². The van der Waals surface area contributed by atoms with Crippen LogP contribution in [0.25, 0.3) is 0 Å². The van der Waals surface area contributed by atoms with Crippen molar-refractivity contribution in [1.29, 1.82) is 0 Å². The number of nitrogens with zero attached hydrogens (tertiary/aromatic N) is 2. The van der Waals surface area contributed by atoms with Crippen LogP contribution in [0.1, 0.15) is 39.0 Å². The van der Waals surface area contributed by atoms with Gasteiger partial charge in [-0.1, -0.05) is 81.4 Å². The Balaban J connectivity index is 1.82. The van der Waals surface area contributed by atoms with E-state index in [-0.39, 0.29) is 17.2 Å². The van der Waals surface area contributed by atoms with Crippen LogP contribution < -0.4 is 21.6 Å². The van der Waals surface area contributed by atoms with Crippen LogP contribution in [0.15, 0.2) is 76.4 Å². The van der Waals surface area contributed by atoms with Crippen LogP contribution in [0.3, 0.4) is 0 Å². The molecule has 0 spiro atoms. The maximum atomic E-state index is 12.7. The van der Waals surface area contributed by atoms with Gasteiger partial charge in [0.25, 0.3) is 13.9 Å². The highest BCUT2D eigenvalue weighted by molar-refractivity contribution is 6.99. The first kappa shape index (κ1) is 31.0. The van der Waals surface area contributed by atoms with Gasteiger partial charge in [-0.2, -0.15) is 5.06 Å². The Bertz CT molecular complexity index is 1370. The van der Waals surface area contributed by atoms with Gasteiger partial charge in [0.1, 0.15) is 18.3 Å². The van der Waals surface area contributed by atoms with E-state index in [1.54, 1.807) is 26.1 Å². The van der Waals surface area contributed by atoms with E-state index in [0.717, 1.165) is 14.9 Å². The summed E-state index contributed by atoms with van der Waals surface area (Å²) >= 11 is 0. The van der Waals surface area contributed by atoms with E-state index < -0.39 is 50.2 Å². The smallest absolute Gasteiger partial charge is 0.330 e. The van der Waals surface area contributed by atoms with Crippen LogP contribution >= 0.6 is 0 Å². The quantitative estimate of drug-likeness (QED) is 0.241. The first-order chi connectivity index (χ1) is 19.4. The number of aromatic amines is 1. The molecule has 0 aliphatic carbocycles. The molecule has 11 heteroatoms. The van der Waals surface area contributed by atoms with Gasteiger partial charge < -0.3 is 19.4 Å².